The average Bonchev–Trinajstić information content (AvgIpc) is 2.84. The lowest BCUT2D eigenvalue weighted by atomic mass is 10.2. The minimum Gasteiger partial charge on any atom is -0.352 e. The van der Waals surface area contributed by atoms with Crippen molar-refractivity contribution in [2.45, 2.75) is 20.8 Å². The van der Waals surface area contributed by atoms with E-state index in [4.69, 9.17) is 0 Å². The second-order valence-electron chi connectivity index (χ2n) is 7.15. The highest BCUT2D eigenvalue weighted by atomic mass is 16.1. The van der Waals surface area contributed by atoms with E-state index in [9.17, 15) is 4.79 Å². The highest BCUT2D eigenvalue weighted by molar-refractivity contribution is 5.60. The Balaban J connectivity index is 2.01. The van der Waals surface area contributed by atoms with E-state index in [0.29, 0.717) is 22.4 Å². The van der Waals surface area contributed by atoms with Gasteiger partial charge in [0.25, 0.3) is 5.56 Å². The summed E-state index contributed by atoms with van der Waals surface area (Å²) in [6.45, 7) is 5.99. The summed E-state index contributed by atoms with van der Waals surface area (Å²) in [5, 5.41) is 3.63. The van der Waals surface area contributed by atoms with Gasteiger partial charge in [-0.25, -0.2) is 9.98 Å². The maximum absolute atomic E-state index is 13.4. The molecule has 0 amide bonds. The fourth-order valence-electron chi connectivity index (χ4n) is 3.09. The summed E-state index contributed by atoms with van der Waals surface area (Å²) in [5.74, 6) is 0. The normalized spacial score (nSPS) is 11.6. The van der Waals surface area contributed by atoms with Crippen molar-refractivity contribution in [2.24, 2.45) is 4.99 Å². The second-order valence-corrected chi connectivity index (χ2v) is 7.15. The van der Waals surface area contributed by atoms with Crippen molar-refractivity contribution in [3.8, 4) is 0 Å². The van der Waals surface area contributed by atoms with Gasteiger partial charge < -0.3 is 5.32 Å². The summed E-state index contributed by atoms with van der Waals surface area (Å²) >= 11 is 0. The van der Waals surface area contributed by atoms with Crippen LogP contribution in [0.2, 0.25) is 0 Å². The first kappa shape index (κ1) is 18.6. The summed E-state index contributed by atoms with van der Waals surface area (Å²) < 4.78 is 1.54. The molecule has 4 aromatic rings. The van der Waals surface area contributed by atoms with E-state index >= 15 is 0 Å². The molecule has 1 N–H and O–H groups in total. The minimum absolute atomic E-state index is 0.226. The molecule has 0 fully saturated rings. The van der Waals surface area contributed by atoms with Crippen molar-refractivity contribution in [2.75, 3.05) is 5.32 Å². The lowest BCUT2D eigenvalue weighted by molar-refractivity contribution is 1.04. The van der Waals surface area contributed by atoms with Crippen LogP contribution < -0.4 is 16.2 Å². The maximum Gasteiger partial charge on any atom is 0.284 e. The third-order valence-corrected chi connectivity index (χ3v) is 4.76. The largest absolute Gasteiger partial charge is 0.352 e. The SMILES string of the molecule is Cc1ccc(N=c2c(Nc3ccc(C)cc3)cnc3c(C)cccn3c2=O)cc1. The van der Waals surface area contributed by atoms with Crippen molar-refractivity contribution in [1.82, 2.24) is 9.38 Å². The number of fused-ring (bicyclic) bond motifs is 1. The zero-order valence-corrected chi connectivity index (χ0v) is 16.7. The van der Waals surface area contributed by atoms with Crippen LogP contribution in [-0.2, 0) is 0 Å². The number of nitrogens with one attached hydrogen (secondary N) is 1. The number of rotatable bonds is 3. The summed E-state index contributed by atoms with van der Waals surface area (Å²) in [6, 6.07) is 19.5. The van der Waals surface area contributed by atoms with Crippen LogP contribution in [0.5, 0.6) is 0 Å². The van der Waals surface area contributed by atoms with Crippen molar-refractivity contribution in [3.63, 3.8) is 0 Å². The van der Waals surface area contributed by atoms with Crippen LogP contribution in [0.4, 0.5) is 17.1 Å². The molecule has 29 heavy (non-hydrogen) atoms. The quantitative estimate of drug-likeness (QED) is 0.563. The van der Waals surface area contributed by atoms with Gasteiger partial charge in [-0.3, -0.25) is 9.20 Å². The Morgan fingerprint density at radius 1 is 0.897 bits per heavy atom. The number of aryl methyl sites for hydroxylation is 3. The molecule has 5 heteroatoms. The smallest absolute Gasteiger partial charge is 0.284 e. The van der Waals surface area contributed by atoms with Gasteiger partial charge in [-0.1, -0.05) is 41.5 Å². The van der Waals surface area contributed by atoms with Crippen LogP contribution >= 0.6 is 0 Å². The average molecular weight is 382 g/mol. The van der Waals surface area contributed by atoms with Gasteiger partial charge >= 0.3 is 0 Å². The second kappa shape index (κ2) is 7.72. The minimum atomic E-state index is -0.226. The third-order valence-electron chi connectivity index (χ3n) is 4.76. The Morgan fingerprint density at radius 3 is 2.24 bits per heavy atom. The topological polar surface area (TPSA) is 58.8 Å². The van der Waals surface area contributed by atoms with Crippen molar-refractivity contribution >= 4 is 22.7 Å². The third kappa shape index (κ3) is 3.94. The fourth-order valence-corrected chi connectivity index (χ4v) is 3.09. The highest BCUT2D eigenvalue weighted by Crippen LogP contribution is 2.15. The van der Waals surface area contributed by atoms with Crippen LogP contribution in [0, 0.1) is 20.8 Å². The van der Waals surface area contributed by atoms with Crippen LogP contribution in [0.1, 0.15) is 16.7 Å². The zero-order valence-electron chi connectivity index (χ0n) is 16.7. The molecule has 5 nitrogen and oxygen atoms in total. The molecule has 0 saturated heterocycles. The van der Waals surface area contributed by atoms with Gasteiger partial charge in [0, 0.05) is 11.9 Å². The Hall–Kier alpha value is -3.73. The number of hydrogen-bond donors (Lipinski definition) is 1. The Morgan fingerprint density at radius 2 is 1.55 bits per heavy atom. The Labute approximate surface area is 169 Å². The van der Waals surface area contributed by atoms with Crippen LogP contribution in [0.25, 0.3) is 5.65 Å². The van der Waals surface area contributed by atoms with E-state index in [-0.39, 0.29) is 5.56 Å². The first-order valence-corrected chi connectivity index (χ1v) is 9.48. The number of anilines is 2. The van der Waals surface area contributed by atoms with E-state index in [1.165, 1.54) is 5.56 Å². The van der Waals surface area contributed by atoms with Gasteiger partial charge in [0.15, 0.2) is 5.36 Å². The zero-order chi connectivity index (χ0) is 20.4. The van der Waals surface area contributed by atoms with Crippen molar-refractivity contribution in [1.29, 1.82) is 0 Å². The van der Waals surface area contributed by atoms with Gasteiger partial charge in [0.05, 0.1) is 17.6 Å². The van der Waals surface area contributed by atoms with Gasteiger partial charge in [-0.15, -0.1) is 0 Å². The predicted octanol–water partition coefficient (Wildman–Crippen LogP) is 4.60. The summed E-state index contributed by atoms with van der Waals surface area (Å²) in [4.78, 5) is 22.7. The van der Waals surface area contributed by atoms with Crippen molar-refractivity contribution < 1.29 is 0 Å². The number of pyridine rings is 1. The molecule has 144 valence electrons. The molecule has 0 aliphatic carbocycles. The van der Waals surface area contributed by atoms with E-state index in [1.807, 2.05) is 81.4 Å². The molecule has 0 bridgehead atoms. The molecule has 2 heterocycles. The Kier molecular flexibility index (Phi) is 4.96. The molecule has 0 aliphatic rings. The standard InChI is InChI=1S/C24H22N4O/c1-16-6-10-19(11-7-16)26-21-15-25-23-18(3)5-4-14-28(23)24(29)22(21)27-20-12-8-17(2)9-13-20/h4-15,26H,1-3H3. The first-order chi connectivity index (χ1) is 14.0. The van der Waals surface area contributed by atoms with Gasteiger partial charge in [-0.05, 0) is 56.7 Å². The predicted molar refractivity (Wildman–Crippen MR) is 117 cm³/mol. The molecule has 0 unspecified atom stereocenters. The molecule has 2 aromatic heterocycles. The molecule has 0 radical (unpaired) electrons. The first-order valence-electron chi connectivity index (χ1n) is 9.48. The van der Waals surface area contributed by atoms with Crippen molar-refractivity contribution in [3.05, 3.63) is 105 Å². The molecule has 0 aliphatic heterocycles. The molecule has 2 aromatic carbocycles. The number of aromatic nitrogens is 2. The van der Waals surface area contributed by atoms with Crippen LogP contribution in [0.3, 0.4) is 0 Å². The highest BCUT2D eigenvalue weighted by Gasteiger charge is 2.07. The van der Waals surface area contributed by atoms with Gasteiger partial charge in [0.1, 0.15) is 5.65 Å². The lowest BCUT2D eigenvalue weighted by Gasteiger charge is -2.05. The molecular weight excluding hydrogens is 360 g/mol. The van der Waals surface area contributed by atoms with Crippen LogP contribution in [-0.4, -0.2) is 9.38 Å². The van der Waals surface area contributed by atoms with Crippen LogP contribution in [0.15, 0.2) is 82.8 Å². The van der Waals surface area contributed by atoms with E-state index in [0.717, 1.165) is 16.8 Å². The van der Waals surface area contributed by atoms with E-state index in [1.54, 1.807) is 16.8 Å². The number of nitrogens with zero attached hydrogens (tertiary/aromatic N) is 3. The van der Waals surface area contributed by atoms with Gasteiger partial charge in [-0.2, -0.15) is 0 Å². The molecule has 0 spiro atoms. The van der Waals surface area contributed by atoms with E-state index < -0.39 is 0 Å². The monoisotopic (exact) mass is 382 g/mol. The number of hydrogen-bond acceptors (Lipinski definition) is 4. The molecular formula is C24H22N4O. The summed E-state index contributed by atoms with van der Waals surface area (Å²) in [5.41, 5.74) is 5.75. The van der Waals surface area contributed by atoms with E-state index in [2.05, 4.69) is 15.3 Å². The summed E-state index contributed by atoms with van der Waals surface area (Å²) in [7, 11) is 0. The number of benzene rings is 2. The molecule has 0 saturated carbocycles. The van der Waals surface area contributed by atoms with Gasteiger partial charge in [0.2, 0.25) is 0 Å². The lowest BCUT2D eigenvalue weighted by Crippen LogP contribution is -2.30. The Bertz CT molecular complexity index is 1300. The summed E-state index contributed by atoms with van der Waals surface area (Å²) in [6.07, 6.45) is 3.40. The maximum atomic E-state index is 13.4. The molecule has 4 rings (SSSR count). The fraction of sp³-hybridized carbons (Fsp3) is 0.125. The molecule has 0 atom stereocenters.